The van der Waals surface area contributed by atoms with Gasteiger partial charge in [0.15, 0.2) is 5.58 Å². The second kappa shape index (κ2) is 7.70. The third-order valence-electron chi connectivity index (χ3n) is 4.62. The number of nitrogens with two attached hydrogens (primary N) is 1. The number of fused-ring (bicyclic) bond motifs is 1. The largest absolute Gasteiger partial charge is 0.380 e. The Labute approximate surface area is 157 Å². The van der Waals surface area contributed by atoms with E-state index in [1.165, 1.54) is 0 Å². The molecule has 0 amide bonds. The number of benzene rings is 2. The quantitative estimate of drug-likeness (QED) is 0.556. The molecular formula is C22H21N3O2. The fraction of sp³-hybridized carbons (Fsp3) is 0.182. The van der Waals surface area contributed by atoms with E-state index in [1.807, 2.05) is 60.7 Å². The molecule has 1 atom stereocenters. The molecular weight excluding hydrogens is 338 g/mol. The van der Waals surface area contributed by atoms with Crippen LogP contribution in [0.5, 0.6) is 0 Å². The Morgan fingerprint density at radius 1 is 1.07 bits per heavy atom. The van der Waals surface area contributed by atoms with Gasteiger partial charge in [0.05, 0.1) is 6.61 Å². The molecule has 2 N–H and O–H groups in total. The Balaban J connectivity index is 1.71. The van der Waals surface area contributed by atoms with Crippen LogP contribution in [0.15, 0.2) is 71.4 Å². The van der Waals surface area contributed by atoms with Gasteiger partial charge in [0, 0.05) is 42.4 Å². The molecule has 0 bridgehead atoms. The molecule has 1 unspecified atom stereocenters. The van der Waals surface area contributed by atoms with Gasteiger partial charge in [-0.3, -0.25) is 4.98 Å². The van der Waals surface area contributed by atoms with E-state index in [2.05, 4.69) is 10.1 Å². The molecule has 2 heterocycles. The molecule has 27 heavy (non-hydrogen) atoms. The van der Waals surface area contributed by atoms with Crippen LogP contribution in [0, 0.1) is 0 Å². The van der Waals surface area contributed by atoms with Crippen molar-refractivity contribution in [2.75, 3.05) is 7.11 Å². The molecule has 5 heteroatoms. The maximum Gasteiger partial charge on any atom is 0.167 e. The minimum absolute atomic E-state index is 0.185. The van der Waals surface area contributed by atoms with E-state index in [1.54, 1.807) is 13.3 Å². The second-order valence-corrected chi connectivity index (χ2v) is 6.51. The molecule has 0 spiro atoms. The third-order valence-corrected chi connectivity index (χ3v) is 4.62. The summed E-state index contributed by atoms with van der Waals surface area (Å²) in [6, 6.07) is 19.8. The minimum atomic E-state index is -0.185. The Hall–Kier alpha value is -3.02. The summed E-state index contributed by atoms with van der Waals surface area (Å²) in [6.45, 7) is 0.539. The van der Waals surface area contributed by atoms with Crippen molar-refractivity contribution in [1.29, 1.82) is 0 Å². The van der Waals surface area contributed by atoms with Gasteiger partial charge in [0.1, 0.15) is 5.69 Å². The fourth-order valence-electron chi connectivity index (χ4n) is 3.32. The average Bonchev–Trinajstić information content (AvgIpc) is 3.12. The monoisotopic (exact) mass is 359 g/mol. The zero-order chi connectivity index (χ0) is 18.6. The van der Waals surface area contributed by atoms with Gasteiger partial charge >= 0.3 is 0 Å². The number of aromatic nitrogens is 2. The van der Waals surface area contributed by atoms with Gasteiger partial charge in [-0.15, -0.1) is 0 Å². The Kier molecular flexibility index (Phi) is 4.96. The normalized spacial score (nSPS) is 12.4. The van der Waals surface area contributed by atoms with Crippen LogP contribution in [-0.4, -0.2) is 17.3 Å². The standard InChI is InChI=1S/C22H21N3O2/c1-26-14-15-9-10-19-21(12-15)27-25-22(19)18-8-3-2-7-17(18)20(23)13-16-6-4-5-11-24-16/h2-12,20H,13-14,23H2,1H3. The first-order valence-electron chi connectivity index (χ1n) is 8.88. The van der Waals surface area contributed by atoms with Crippen molar-refractivity contribution in [1.82, 2.24) is 10.1 Å². The molecule has 0 aliphatic rings. The molecule has 0 aliphatic heterocycles. The third kappa shape index (κ3) is 3.60. The zero-order valence-corrected chi connectivity index (χ0v) is 15.1. The van der Waals surface area contributed by atoms with E-state index in [0.29, 0.717) is 13.0 Å². The first-order valence-corrected chi connectivity index (χ1v) is 8.88. The highest BCUT2D eigenvalue weighted by atomic mass is 16.5. The topological polar surface area (TPSA) is 74.2 Å². The summed E-state index contributed by atoms with van der Waals surface area (Å²) in [5, 5.41) is 5.30. The lowest BCUT2D eigenvalue weighted by Crippen LogP contribution is -2.15. The number of rotatable bonds is 6. The first-order chi connectivity index (χ1) is 13.3. The summed E-state index contributed by atoms with van der Waals surface area (Å²) in [5.74, 6) is 0. The van der Waals surface area contributed by atoms with Crippen LogP contribution in [0.4, 0.5) is 0 Å². The molecule has 0 fully saturated rings. The highest BCUT2D eigenvalue weighted by molar-refractivity contribution is 5.92. The Bertz CT molecular complexity index is 1040. The summed E-state index contributed by atoms with van der Waals surface area (Å²) >= 11 is 0. The maximum absolute atomic E-state index is 6.53. The number of pyridine rings is 1. The second-order valence-electron chi connectivity index (χ2n) is 6.51. The zero-order valence-electron chi connectivity index (χ0n) is 15.1. The van der Waals surface area contributed by atoms with E-state index in [9.17, 15) is 0 Å². The lowest BCUT2D eigenvalue weighted by Gasteiger charge is -2.15. The number of ether oxygens (including phenoxy) is 1. The predicted molar refractivity (Wildman–Crippen MR) is 105 cm³/mol. The lowest BCUT2D eigenvalue weighted by atomic mass is 9.94. The summed E-state index contributed by atoms with van der Waals surface area (Å²) in [5.41, 5.74) is 12.1. The summed E-state index contributed by atoms with van der Waals surface area (Å²) in [7, 11) is 1.68. The van der Waals surface area contributed by atoms with Crippen LogP contribution in [0.2, 0.25) is 0 Å². The van der Waals surface area contributed by atoms with Crippen LogP contribution in [0.1, 0.15) is 22.9 Å². The summed E-state index contributed by atoms with van der Waals surface area (Å²) in [4.78, 5) is 4.39. The van der Waals surface area contributed by atoms with Crippen molar-refractivity contribution in [2.24, 2.45) is 5.73 Å². The Morgan fingerprint density at radius 3 is 2.74 bits per heavy atom. The van der Waals surface area contributed by atoms with Gasteiger partial charge in [-0.2, -0.15) is 0 Å². The summed E-state index contributed by atoms with van der Waals surface area (Å²) in [6.07, 6.45) is 2.45. The van der Waals surface area contributed by atoms with Gasteiger partial charge in [-0.1, -0.05) is 41.6 Å². The molecule has 0 saturated carbocycles. The predicted octanol–water partition coefficient (Wildman–Crippen LogP) is 4.28. The van der Waals surface area contributed by atoms with E-state index in [-0.39, 0.29) is 6.04 Å². The van der Waals surface area contributed by atoms with Gasteiger partial charge < -0.3 is 15.0 Å². The molecule has 2 aromatic heterocycles. The molecule has 4 aromatic rings. The van der Waals surface area contributed by atoms with Crippen LogP contribution in [-0.2, 0) is 17.8 Å². The average molecular weight is 359 g/mol. The molecule has 136 valence electrons. The SMILES string of the molecule is COCc1ccc2c(-c3ccccc3C(N)Cc3ccccn3)noc2c1. The smallest absolute Gasteiger partial charge is 0.167 e. The first kappa shape index (κ1) is 17.4. The maximum atomic E-state index is 6.53. The van der Waals surface area contributed by atoms with Gasteiger partial charge in [0.2, 0.25) is 0 Å². The lowest BCUT2D eigenvalue weighted by molar-refractivity contribution is 0.185. The fourth-order valence-corrected chi connectivity index (χ4v) is 3.32. The van der Waals surface area contributed by atoms with Crippen LogP contribution in [0.25, 0.3) is 22.2 Å². The van der Waals surface area contributed by atoms with Gasteiger partial charge in [-0.05, 0) is 35.4 Å². The highest BCUT2D eigenvalue weighted by Crippen LogP contribution is 2.33. The summed E-state index contributed by atoms with van der Waals surface area (Å²) < 4.78 is 10.8. The van der Waals surface area contributed by atoms with Crippen molar-refractivity contribution >= 4 is 11.0 Å². The van der Waals surface area contributed by atoms with Crippen molar-refractivity contribution in [3.05, 3.63) is 83.7 Å². The molecule has 0 aliphatic carbocycles. The number of hydrogen-bond acceptors (Lipinski definition) is 5. The van der Waals surface area contributed by atoms with E-state index >= 15 is 0 Å². The van der Waals surface area contributed by atoms with Crippen LogP contribution < -0.4 is 5.73 Å². The number of nitrogens with zero attached hydrogens (tertiary/aromatic N) is 2. The number of hydrogen-bond donors (Lipinski definition) is 1. The molecule has 5 nitrogen and oxygen atoms in total. The van der Waals surface area contributed by atoms with Crippen molar-refractivity contribution in [3.8, 4) is 11.3 Å². The highest BCUT2D eigenvalue weighted by Gasteiger charge is 2.18. The number of methoxy groups -OCH3 is 1. The van der Waals surface area contributed by atoms with Crippen molar-refractivity contribution in [3.63, 3.8) is 0 Å². The van der Waals surface area contributed by atoms with Gasteiger partial charge in [-0.25, -0.2) is 0 Å². The molecule has 4 rings (SSSR count). The van der Waals surface area contributed by atoms with Crippen LogP contribution in [0.3, 0.4) is 0 Å². The van der Waals surface area contributed by atoms with Crippen molar-refractivity contribution < 1.29 is 9.26 Å². The van der Waals surface area contributed by atoms with Crippen molar-refractivity contribution in [2.45, 2.75) is 19.1 Å². The Morgan fingerprint density at radius 2 is 1.93 bits per heavy atom. The molecule has 0 saturated heterocycles. The van der Waals surface area contributed by atoms with E-state index in [4.69, 9.17) is 15.0 Å². The minimum Gasteiger partial charge on any atom is -0.380 e. The van der Waals surface area contributed by atoms with E-state index < -0.39 is 0 Å². The molecule has 0 radical (unpaired) electrons. The van der Waals surface area contributed by atoms with Crippen LogP contribution >= 0.6 is 0 Å². The van der Waals surface area contributed by atoms with E-state index in [0.717, 1.165) is 39.0 Å². The molecule has 2 aromatic carbocycles. The van der Waals surface area contributed by atoms with Gasteiger partial charge in [0.25, 0.3) is 0 Å².